The molecule has 1 unspecified atom stereocenters. The molecule has 2 bridgehead atoms. The van der Waals surface area contributed by atoms with Crippen LogP contribution in [0.4, 0.5) is 0 Å². The summed E-state index contributed by atoms with van der Waals surface area (Å²) in [5, 5.41) is 4.28. The van der Waals surface area contributed by atoms with Gasteiger partial charge in [0.2, 0.25) is 0 Å². The van der Waals surface area contributed by atoms with Crippen molar-refractivity contribution >= 4 is 24.0 Å². The maximum absolute atomic E-state index is 5.76. The summed E-state index contributed by atoms with van der Waals surface area (Å²) in [4.78, 5) is 0. The number of halogens is 2. The third-order valence-electron chi connectivity index (χ3n) is 6.60. The molecule has 0 N–H and O–H groups in total. The van der Waals surface area contributed by atoms with Crippen LogP contribution < -0.4 is 24.8 Å². The van der Waals surface area contributed by atoms with Crippen molar-refractivity contribution in [3.63, 3.8) is 0 Å². The zero-order chi connectivity index (χ0) is 20.3. The van der Waals surface area contributed by atoms with Crippen LogP contribution in [-0.4, -0.2) is 8.07 Å². The summed E-state index contributed by atoms with van der Waals surface area (Å²) in [7, 11) is -1.10. The second-order valence-electron chi connectivity index (χ2n) is 9.06. The Morgan fingerprint density at radius 1 is 0.875 bits per heavy atom. The van der Waals surface area contributed by atoms with Crippen LogP contribution in [0.25, 0.3) is 27.1 Å². The van der Waals surface area contributed by atoms with E-state index in [1.807, 2.05) is 6.92 Å². The number of hydrogen-bond donors (Lipinski definition) is 0. The van der Waals surface area contributed by atoms with Crippen LogP contribution in [0.5, 0.6) is 0 Å². The number of fused-ring (bicyclic) bond motifs is 1. The van der Waals surface area contributed by atoms with Gasteiger partial charge < -0.3 is 29.2 Å². The molecule has 0 amide bonds. The van der Waals surface area contributed by atoms with Gasteiger partial charge in [0.25, 0.3) is 0 Å². The van der Waals surface area contributed by atoms with Crippen molar-refractivity contribution in [2.75, 3.05) is 0 Å². The van der Waals surface area contributed by atoms with Crippen LogP contribution in [-0.2, 0) is 26.2 Å². The third kappa shape index (κ3) is 4.18. The molecule has 1 aromatic heterocycles. The Labute approximate surface area is 223 Å². The number of hydrogen-bond acceptors (Lipinski definition) is 1. The van der Waals surface area contributed by atoms with E-state index in [1.165, 1.54) is 38.8 Å². The van der Waals surface area contributed by atoms with Crippen molar-refractivity contribution in [2.24, 2.45) is 0 Å². The van der Waals surface area contributed by atoms with Crippen molar-refractivity contribution < 1.29 is 55.4 Å². The summed E-state index contributed by atoms with van der Waals surface area (Å²) in [6.07, 6.45) is 0. The molecule has 1 radical (unpaired) electrons. The topological polar surface area (TPSA) is 13.1 Å². The van der Waals surface area contributed by atoms with E-state index in [1.54, 1.807) is 10.8 Å². The predicted octanol–water partition coefficient (Wildman–Crippen LogP) is 1.80. The zero-order valence-electron chi connectivity index (χ0n) is 19.1. The summed E-state index contributed by atoms with van der Waals surface area (Å²) < 4.78 is 5.76. The Morgan fingerprint density at radius 2 is 1.56 bits per heavy atom. The monoisotopic (exact) mass is 555 g/mol. The van der Waals surface area contributed by atoms with E-state index < -0.39 is 8.07 Å². The van der Waals surface area contributed by atoms with E-state index in [4.69, 9.17) is 4.42 Å². The van der Waals surface area contributed by atoms with Crippen LogP contribution in [0.2, 0.25) is 13.1 Å². The van der Waals surface area contributed by atoms with Gasteiger partial charge in [0.15, 0.2) is 0 Å². The van der Waals surface area contributed by atoms with Crippen LogP contribution in [0.15, 0.2) is 76.7 Å². The Morgan fingerprint density at radius 3 is 2.19 bits per heavy atom. The number of rotatable bonds is 1. The summed E-state index contributed by atoms with van der Waals surface area (Å²) in [5.41, 5.74) is 7.80. The Kier molecular flexibility index (Phi) is 8.38. The molecule has 3 heterocycles. The summed E-state index contributed by atoms with van der Waals surface area (Å²) in [6.45, 7) is 11.4. The molecule has 32 heavy (non-hydrogen) atoms. The largest absolute Gasteiger partial charge is 3.00 e. The minimum Gasteiger partial charge on any atom is -1.00 e. The average Bonchev–Trinajstić information content (AvgIpc) is 3.36. The minimum absolute atomic E-state index is 0. The molecule has 1 aliphatic carbocycles. The molecule has 3 aliphatic rings. The Hall–Kier alpha value is -1.25. The van der Waals surface area contributed by atoms with E-state index in [-0.39, 0.29) is 51.0 Å². The second kappa shape index (κ2) is 9.94. The summed E-state index contributed by atoms with van der Waals surface area (Å²) in [6, 6.07) is 23.8. The van der Waals surface area contributed by atoms with Crippen molar-refractivity contribution in [3.05, 3.63) is 95.0 Å². The van der Waals surface area contributed by atoms with E-state index in [0.717, 1.165) is 11.3 Å². The van der Waals surface area contributed by atoms with Gasteiger partial charge in [0, 0.05) is 11.1 Å². The van der Waals surface area contributed by atoms with Gasteiger partial charge in [0.1, 0.15) is 11.5 Å². The molecule has 0 spiro atoms. The average molecular weight is 558 g/mol. The van der Waals surface area contributed by atoms with Gasteiger partial charge >= 0.3 is 26.2 Å². The Balaban J connectivity index is 0.000000211. The van der Waals surface area contributed by atoms with Crippen LogP contribution in [0, 0.1) is 13.8 Å². The van der Waals surface area contributed by atoms with Crippen LogP contribution in [0.3, 0.4) is 0 Å². The fourth-order valence-electron chi connectivity index (χ4n) is 5.55. The van der Waals surface area contributed by atoms with E-state index >= 15 is 0 Å². The molecule has 2 aliphatic heterocycles. The number of benzene rings is 2. The van der Waals surface area contributed by atoms with Crippen molar-refractivity contribution in [3.8, 4) is 11.1 Å². The normalized spacial score (nSPS) is 16.6. The van der Waals surface area contributed by atoms with E-state index in [0.29, 0.717) is 0 Å². The Bertz CT molecular complexity index is 1270. The number of allylic oxidation sites excluding steroid dienone is 1. The van der Waals surface area contributed by atoms with E-state index in [2.05, 4.69) is 93.7 Å². The summed E-state index contributed by atoms with van der Waals surface area (Å²) in [5.74, 6) is 2.31. The van der Waals surface area contributed by atoms with Gasteiger partial charge in [-0.2, -0.15) is 6.07 Å². The standard InChI is InChI=1S/C16H13.C11H14OSi.2ClH.Zr/c1-12-10-14-8-5-9-15(16(14)11-12)13-6-3-2-4-7-13;1-6-5-8-9(12-6)11-7(2)10(8)13(11,3)4;;;/h2-11H,1H3;5,10H,1-4H3;2*1H;/q-1;;;;+3/p-2. The molecule has 1 atom stereocenters. The SMILES string of the molecule is CC1=C2c3oc(C)cc3C1[Si]2(C)C.Cc1cc2c(-c3ccccc3)cccc2[cH-]1.[Cl-].[Cl-].[Zr+3]. The molecular formula is C27H27Cl2OSiZr. The molecule has 1 nitrogen and oxygen atoms in total. The quantitative estimate of drug-likeness (QED) is 0.257. The molecule has 0 saturated heterocycles. The maximum Gasteiger partial charge on any atom is 3.00 e. The molecule has 163 valence electrons. The molecule has 3 aromatic carbocycles. The molecule has 0 saturated carbocycles. The smallest absolute Gasteiger partial charge is 1.00 e. The fraction of sp³-hybridized carbons (Fsp3) is 0.222. The number of furan rings is 1. The minimum atomic E-state index is -1.10. The zero-order valence-corrected chi connectivity index (χ0v) is 24.1. The van der Waals surface area contributed by atoms with Gasteiger partial charge in [-0.1, -0.05) is 67.6 Å². The van der Waals surface area contributed by atoms with Gasteiger partial charge in [-0.05, 0) is 30.7 Å². The third-order valence-corrected chi connectivity index (χ3v) is 10.7. The van der Waals surface area contributed by atoms with Crippen molar-refractivity contribution in [1.29, 1.82) is 0 Å². The second-order valence-corrected chi connectivity index (χ2v) is 13.6. The van der Waals surface area contributed by atoms with Crippen molar-refractivity contribution in [2.45, 2.75) is 39.4 Å². The summed E-state index contributed by atoms with van der Waals surface area (Å²) >= 11 is 0. The van der Waals surface area contributed by atoms with Crippen LogP contribution in [0.1, 0.15) is 35.1 Å². The first kappa shape index (κ1) is 27.0. The fourth-order valence-corrected chi connectivity index (χ4v) is 9.77. The van der Waals surface area contributed by atoms with Gasteiger partial charge in [-0.3, -0.25) is 0 Å². The van der Waals surface area contributed by atoms with Crippen LogP contribution >= 0.6 is 0 Å². The molecule has 7 rings (SSSR count). The van der Waals surface area contributed by atoms with Crippen molar-refractivity contribution in [1.82, 2.24) is 0 Å². The molecular weight excluding hydrogens is 531 g/mol. The van der Waals surface area contributed by atoms with Gasteiger partial charge in [0.05, 0.1) is 8.07 Å². The molecule has 0 fully saturated rings. The predicted molar refractivity (Wildman–Crippen MR) is 126 cm³/mol. The van der Waals surface area contributed by atoms with E-state index in [9.17, 15) is 0 Å². The number of aryl methyl sites for hydroxylation is 2. The first-order chi connectivity index (χ1) is 13.9. The van der Waals surface area contributed by atoms with Gasteiger partial charge in [-0.25, -0.2) is 0 Å². The maximum atomic E-state index is 5.76. The first-order valence-electron chi connectivity index (χ1n) is 10.4. The molecule has 5 heteroatoms. The van der Waals surface area contributed by atoms with Gasteiger partial charge in [-0.15, -0.1) is 34.5 Å². The first-order valence-corrected chi connectivity index (χ1v) is 13.5. The molecule has 4 aromatic rings.